The predicted molar refractivity (Wildman–Crippen MR) is 133 cm³/mol. The number of halogens is 3. The number of carboxylic acids is 1. The molecule has 0 aliphatic heterocycles. The second-order valence-corrected chi connectivity index (χ2v) is 8.48. The third-order valence-corrected chi connectivity index (χ3v) is 6.05. The van der Waals surface area contributed by atoms with Crippen molar-refractivity contribution in [2.24, 2.45) is 0 Å². The maximum absolute atomic E-state index is 14.5. The Balaban J connectivity index is 1.52. The van der Waals surface area contributed by atoms with E-state index in [4.69, 9.17) is 16.3 Å². The molecule has 4 nitrogen and oxygen atoms in total. The van der Waals surface area contributed by atoms with Gasteiger partial charge in [0.25, 0.3) is 0 Å². The third kappa shape index (κ3) is 4.71. The molecule has 1 aromatic heterocycles. The van der Waals surface area contributed by atoms with Gasteiger partial charge in [-0.15, -0.1) is 0 Å². The van der Waals surface area contributed by atoms with Crippen LogP contribution in [0.3, 0.4) is 0 Å². The number of benzene rings is 3. The fourth-order valence-electron chi connectivity index (χ4n) is 4.12. The normalized spacial score (nSPS) is 14.7. The van der Waals surface area contributed by atoms with Crippen LogP contribution in [-0.4, -0.2) is 22.7 Å². The number of rotatable bonds is 5. The number of ether oxygens (including phenoxy) is 1. The van der Waals surface area contributed by atoms with Crippen molar-refractivity contribution in [3.8, 4) is 0 Å². The summed E-state index contributed by atoms with van der Waals surface area (Å²) in [5.41, 5.74) is 4.50. The maximum Gasteiger partial charge on any atom is 0.329 e. The van der Waals surface area contributed by atoms with Gasteiger partial charge in [0.1, 0.15) is 24.3 Å². The quantitative estimate of drug-likeness (QED) is 0.327. The fraction of sp³-hybridized carbons (Fsp3) is 0.0714. The van der Waals surface area contributed by atoms with E-state index in [0.29, 0.717) is 27.7 Å². The number of hydrogen-bond acceptors (Lipinski definition) is 3. The van der Waals surface area contributed by atoms with Crippen molar-refractivity contribution in [1.29, 1.82) is 0 Å². The molecule has 0 saturated carbocycles. The molecule has 1 N–H and O–H groups in total. The van der Waals surface area contributed by atoms with Crippen LogP contribution >= 0.6 is 11.6 Å². The first-order valence-corrected chi connectivity index (χ1v) is 11.1. The number of aromatic nitrogens is 1. The lowest BCUT2D eigenvalue weighted by Crippen LogP contribution is -2.15. The number of fused-ring (bicyclic) bond motifs is 3. The van der Waals surface area contributed by atoms with E-state index in [0.717, 1.165) is 16.7 Å². The summed E-state index contributed by atoms with van der Waals surface area (Å²) in [6.07, 6.45) is 6.38. The van der Waals surface area contributed by atoms with E-state index < -0.39 is 30.3 Å². The van der Waals surface area contributed by atoms with Crippen molar-refractivity contribution in [3.05, 3.63) is 111 Å². The van der Waals surface area contributed by atoms with Gasteiger partial charge < -0.3 is 9.84 Å². The Morgan fingerprint density at radius 1 is 1.00 bits per heavy atom. The molecule has 1 heterocycles. The Labute approximate surface area is 204 Å². The summed E-state index contributed by atoms with van der Waals surface area (Å²) in [7, 11) is 0. The molecule has 0 fully saturated rings. The molecule has 0 radical (unpaired) electrons. The minimum absolute atomic E-state index is 0.00839. The van der Waals surface area contributed by atoms with E-state index in [1.807, 2.05) is 30.4 Å². The highest BCUT2D eigenvalue weighted by molar-refractivity contribution is 6.31. The Morgan fingerprint density at radius 2 is 1.86 bits per heavy atom. The molecule has 35 heavy (non-hydrogen) atoms. The first-order chi connectivity index (χ1) is 16.9. The molecule has 3 aromatic carbocycles. The van der Waals surface area contributed by atoms with Gasteiger partial charge in [-0.05, 0) is 58.7 Å². The molecule has 5 rings (SSSR count). The highest BCUT2D eigenvalue weighted by Gasteiger charge is 2.25. The van der Waals surface area contributed by atoms with Gasteiger partial charge in [-0.25, -0.2) is 18.6 Å². The summed E-state index contributed by atoms with van der Waals surface area (Å²) in [5.74, 6) is -2.01. The van der Waals surface area contributed by atoms with Crippen molar-refractivity contribution >= 4 is 52.8 Å². The SMILES string of the molecule is O=C(O)COC1c2cc(/C=C/c3ccc4cc(F)c(Cl)cc4n3)ccc2C=Cc2c(F)cccc21. The first kappa shape index (κ1) is 22.9. The highest BCUT2D eigenvalue weighted by atomic mass is 35.5. The van der Waals surface area contributed by atoms with Crippen LogP contribution in [0.4, 0.5) is 8.78 Å². The third-order valence-electron chi connectivity index (χ3n) is 5.76. The van der Waals surface area contributed by atoms with E-state index in [1.165, 1.54) is 18.2 Å². The molecule has 1 unspecified atom stereocenters. The van der Waals surface area contributed by atoms with Gasteiger partial charge in [0.2, 0.25) is 0 Å². The van der Waals surface area contributed by atoms with Crippen LogP contribution in [0.1, 0.15) is 39.6 Å². The summed E-state index contributed by atoms with van der Waals surface area (Å²) in [6, 6.07) is 16.7. The molecule has 0 bridgehead atoms. The molecular formula is C28H18ClF2NO3. The van der Waals surface area contributed by atoms with Crippen molar-refractivity contribution in [3.63, 3.8) is 0 Å². The first-order valence-electron chi connectivity index (χ1n) is 10.8. The van der Waals surface area contributed by atoms with Crippen LogP contribution in [0.5, 0.6) is 0 Å². The van der Waals surface area contributed by atoms with Gasteiger partial charge in [0, 0.05) is 10.9 Å². The zero-order valence-electron chi connectivity index (χ0n) is 18.2. The van der Waals surface area contributed by atoms with Crippen LogP contribution in [0.2, 0.25) is 5.02 Å². The van der Waals surface area contributed by atoms with E-state index in [1.54, 1.807) is 36.4 Å². The molecule has 1 atom stereocenters. The summed E-state index contributed by atoms with van der Waals surface area (Å²) in [6.45, 7) is -0.524. The van der Waals surface area contributed by atoms with Crippen LogP contribution < -0.4 is 0 Å². The number of carbonyl (C=O) groups is 1. The molecule has 0 spiro atoms. The lowest BCUT2D eigenvalue weighted by atomic mass is 9.94. The van der Waals surface area contributed by atoms with Crippen molar-refractivity contribution in [2.75, 3.05) is 6.61 Å². The van der Waals surface area contributed by atoms with E-state index in [2.05, 4.69) is 4.98 Å². The minimum Gasteiger partial charge on any atom is -0.480 e. The number of hydrogen-bond donors (Lipinski definition) is 1. The summed E-state index contributed by atoms with van der Waals surface area (Å²) < 4.78 is 33.9. The lowest BCUT2D eigenvalue weighted by molar-refractivity contribution is -0.143. The molecule has 174 valence electrons. The van der Waals surface area contributed by atoms with Crippen molar-refractivity contribution < 1.29 is 23.4 Å². The largest absolute Gasteiger partial charge is 0.480 e. The molecule has 4 aromatic rings. The number of nitrogens with zero attached hydrogens (tertiary/aromatic N) is 1. The van der Waals surface area contributed by atoms with Gasteiger partial charge in [0.15, 0.2) is 0 Å². The molecule has 1 aliphatic rings. The Morgan fingerprint density at radius 3 is 2.69 bits per heavy atom. The van der Waals surface area contributed by atoms with Gasteiger partial charge in [-0.1, -0.05) is 60.2 Å². The topological polar surface area (TPSA) is 59.4 Å². The Bertz CT molecular complexity index is 1530. The summed E-state index contributed by atoms with van der Waals surface area (Å²) in [5, 5.41) is 9.83. The number of carboxylic acid groups (broad SMARTS) is 1. The van der Waals surface area contributed by atoms with E-state index in [-0.39, 0.29) is 5.02 Å². The maximum atomic E-state index is 14.5. The van der Waals surface area contributed by atoms with Crippen LogP contribution in [0.15, 0.2) is 60.7 Å². The lowest BCUT2D eigenvalue weighted by Gasteiger charge is -2.21. The van der Waals surface area contributed by atoms with Gasteiger partial charge in [-0.3, -0.25) is 0 Å². The van der Waals surface area contributed by atoms with E-state index in [9.17, 15) is 18.7 Å². The molecule has 1 aliphatic carbocycles. The molecule has 0 amide bonds. The monoisotopic (exact) mass is 489 g/mol. The average molecular weight is 490 g/mol. The van der Waals surface area contributed by atoms with Crippen molar-refractivity contribution in [1.82, 2.24) is 4.98 Å². The van der Waals surface area contributed by atoms with Gasteiger partial charge in [-0.2, -0.15) is 0 Å². The Kier molecular flexibility index (Phi) is 6.16. The zero-order valence-corrected chi connectivity index (χ0v) is 19.0. The van der Waals surface area contributed by atoms with Gasteiger partial charge in [0.05, 0.1) is 16.2 Å². The standard InChI is InChI=1S/C28H18ClF2NO3/c29-23-14-26-18(13-25(23)31)7-10-19(32-26)9-5-16-4-6-17-8-11-20-21(2-1-3-24(20)30)28(22(17)12-16)35-15-27(33)34/h1-14,28H,15H2,(H,33,34)/b9-5+. The highest BCUT2D eigenvalue weighted by Crippen LogP contribution is 2.37. The van der Waals surface area contributed by atoms with Gasteiger partial charge >= 0.3 is 5.97 Å². The second-order valence-electron chi connectivity index (χ2n) is 8.08. The Hall–Kier alpha value is -3.87. The minimum atomic E-state index is -1.11. The second kappa shape index (κ2) is 9.41. The molecule has 7 heteroatoms. The van der Waals surface area contributed by atoms with E-state index >= 15 is 0 Å². The van der Waals surface area contributed by atoms with Crippen LogP contribution in [-0.2, 0) is 9.53 Å². The van der Waals surface area contributed by atoms with Crippen molar-refractivity contribution in [2.45, 2.75) is 6.10 Å². The summed E-state index contributed by atoms with van der Waals surface area (Å²) >= 11 is 5.89. The summed E-state index contributed by atoms with van der Waals surface area (Å²) in [4.78, 5) is 15.7. The smallest absolute Gasteiger partial charge is 0.329 e. The molecular weight excluding hydrogens is 472 g/mol. The average Bonchev–Trinajstić information content (AvgIpc) is 2.99. The van der Waals surface area contributed by atoms with Crippen LogP contribution in [0, 0.1) is 11.6 Å². The van der Waals surface area contributed by atoms with Crippen LogP contribution in [0.25, 0.3) is 35.2 Å². The molecule has 0 saturated heterocycles. The zero-order chi connectivity index (χ0) is 24.5. The predicted octanol–water partition coefficient (Wildman–Crippen LogP) is 7.01. The number of aliphatic carboxylic acids is 1. The number of pyridine rings is 1. The fourth-order valence-corrected chi connectivity index (χ4v) is 4.27.